The van der Waals surface area contributed by atoms with Gasteiger partial charge in [-0.15, -0.1) is 11.3 Å². The van der Waals surface area contributed by atoms with Crippen molar-refractivity contribution in [2.24, 2.45) is 0 Å². The van der Waals surface area contributed by atoms with Crippen LogP contribution in [-0.2, 0) is 0 Å². The van der Waals surface area contributed by atoms with Gasteiger partial charge in [0.05, 0.1) is 11.0 Å². The van der Waals surface area contributed by atoms with E-state index in [4.69, 9.17) is 9.40 Å². The Hall–Kier alpha value is -5.71. The third-order valence-corrected chi connectivity index (χ3v) is 10.3. The SMILES string of the molecule is c1cc(-c2cccc3c2oc2nc(-n4c5ccccc5c5ccccc54)ccc23)cc(-c2cccc3c2sc2ccccc23)c1. The number of thiophene rings is 1. The minimum atomic E-state index is 0.642. The average molecular weight is 593 g/mol. The first kappa shape index (κ1) is 24.7. The van der Waals surface area contributed by atoms with Gasteiger partial charge in [-0.2, -0.15) is 4.98 Å². The molecule has 0 amide bonds. The molecule has 3 nitrogen and oxygen atoms in total. The first-order valence-corrected chi connectivity index (χ1v) is 16.0. The molecule has 45 heavy (non-hydrogen) atoms. The van der Waals surface area contributed by atoms with Crippen molar-refractivity contribution < 1.29 is 4.42 Å². The molecule has 0 unspecified atom stereocenters. The molecule has 10 aromatic rings. The average Bonchev–Trinajstić information content (AvgIpc) is 3.77. The zero-order valence-electron chi connectivity index (χ0n) is 24.1. The summed E-state index contributed by atoms with van der Waals surface area (Å²) in [6.45, 7) is 0. The van der Waals surface area contributed by atoms with Crippen LogP contribution in [0.15, 0.2) is 150 Å². The van der Waals surface area contributed by atoms with Gasteiger partial charge in [0.2, 0.25) is 5.71 Å². The Morgan fingerprint density at radius 2 is 1.11 bits per heavy atom. The minimum Gasteiger partial charge on any atom is -0.437 e. The molecule has 0 radical (unpaired) electrons. The zero-order valence-corrected chi connectivity index (χ0v) is 24.9. The van der Waals surface area contributed by atoms with Crippen LogP contribution in [-0.4, -0.2) is 9.55 Å². The third kappa shape index (κ3) is 3.60. The lowest BCUT2D eigenvalue weighted by molar-refractivity contribution is 0.654. The summed E-state index contributed by atoms with van der Waals surface area (Å²) in [4.78, 5) is 5.11. The first-order valence-electron chi connectivity index (χ1n) is 15.1. The van der Waals surface area contributed by atoms with E-state index in [1.54, 1.807) is 0 Å². The van der Waals surface area contributed by atoms with Crippen molar-refractivity contribution in [1.29, 1.82) is 0 Å². The van der Waals surface area contributed by atoms with E-state index in [0.29, 0.717) is 5.71 Å². The van der Waals surface area contributed by atoms with Crippen LogP contribution >= 0.6 is 11.3 Å². The molecule has 0 aliphatic heterocycles. The molecule has 0 spiro atoms. The van der Waals surface area contributed by atoms with E-state index in [1.807, 2.05) is 11.3 Å². The monoisotopic (exact) mass is 592 g/mol. The van der Waals surface area contributed by atoms with E-state index >= 15 is 0 Å². The lowest BCUT2D eigenvalue weighted by atomic mass is 9.97. The highest BCUT2D eigenvalue weighted by atomic mass is 32.1. The van der Waals surface area contributed by atoms with Gasteiger partial charge >= 0.3 is 0 Å². The molecule has 0 aliphatic carbocycles. The molecule has 0 saturated carbocycles. The molecule has 6 aromatic carbocycles. The smallest absolute Gasteiger partial charge is 0.229 e. The van der Waals surface area contributed by atoms with E-state index in [1.165, 1.54) is 42.1 Å². The Bertz CT molecular complexity index is 2730. The molecule has 10 rings (SSSR count). The van der Waals surface area contributed by atoms with Crippen LogP contribution in [0.1, 0.15) is 0 Å². The normalized spacial score (nSPS) is 12.0. The van der Waals surface area contributed by atoms with Crippen molar-refractivity contribution in [2.75, 3.05) is 0 Å². The van der Waals surface area contributed by atoms with Gasteiger partial charge in [0.1, 0.15) is 11.4 Å². The summed E-state index contributed by atoms with van der Waals surface area (Å²) in [6, 6.07) is 51.8. The van der Waals surface area contributed by atoms with E-state index in [9.17, 15) is 0 Å². The Labute approximate surface area is 262 Å². The first-order chi connectivity index (χ1) is 22.3. The lowest BCUT2D eigenvalue weighted by Gasteiger charge is -2.08. The Kier molecular flexibility index (Phi) is 5.16. The number of para-hydroxylation sites is 3. The maximum absolute atomic E-state index is 6.63. The van der Waals surface area contributed by atoms with Crippen molar-refractivity contribution in [3.63, 3.8) is 0 Å². The Morgan fingerprint density at radius 3 is 1.91 bits per heavy atom. The highest BCUT2D eigenvalue weighted by Crippen LogP contribution is 2.42. The van der Waals surface area contributed by atoms with Crippen molar-refractivity contribution in [3.8, 4) is 28.1 Å². The summed E-state index contributed by atoms with van der Waals surface area (Å²) in [6.07, 6.45) is 0. The predicted octanol–water partition coefficient (Wildman–Crippen LogP) is 11.8. The highest BCUT2D eigenvalue weighted by molar-refractivity contribution is 7.26. The summed E-state index contributed by atoms with van der Waals surface area (Å²) in [5.74, 6) is 0.846. The summed E-state index contributed by atoms with van der Waals surface area (Å²) < 4.78 is 11.5. The third-order valence-electron chi connectivity index (χ3n) is 9.05. The van der Waals surface area contributed by atoms with Crippen LogP contribution in [0.3, 0.4) is 0 Å². The van der Waals surface area contributed by atoms with Crippen molar-refractivity contribution in [2.45, 2.75) is 0 Å². The largest absolute Gasteiger partial charge is 0.437 e. The van der Waals surface area contributed by atoms with Gasteiger partial charge in [-0.1, -0.05) is 109 Å². The molecule has 0 fully saturated rings. The fraction of sp³-hybridized carbons (Fsp3) is 0. The van der Waals surface area contributed by atoms with Crippen LogP contribution < -0.4 is 0 Å². The van der Waals surface area contributed by atoms with Crippen LogP contribution in [0.25, 0.3) is 92.1 Å². The van der Waals surface area contributed by atoms with Gasteiger partial charge in [-0.25, -0.2) is 0 Å². The number of hydrogen-bond acceptors (Lipinski definition) is 3. The van der Waals surface area contributed by atoms with E-state index in [-0.39, 0.29) is 0 Å². The maximum atomic E-state index is 6.63. The molecule has 0 bridgehead atoms. The van der Waals surface area contributed by atoms with Crippen LogP contribution in [0.5, 0.6) is 0 Å². The number of pyridine rings is 1. The second kappa shape index (κ2) is 9.39. The maximum Gasteiger partial charge on any atom is 0.229 e. The summed E-state index contributed by atoms with van der Waals surface area (Å²) >= 11 is 1.86. The van der Waals surface area contributed by atoms with Crippen LogP contribution in [0.2, 0.25) is 0 Å². The number of hydrogen-bond donors (Lipinski definition) is 0. The number of rotatable bonds is 3. The summed E-state index contributed by atoms with van der Waals surface area (Å²) in [7, 11) is 0. The lowest BCUT2D eigenvalue weighted by Crippen LogP contribution is -1.96. The second-order valence-corrected chi connectivity index (χ2v) is 12.6. The molecule has 4 aromatic heterocycles. The van der Waals surface area contributed by atoms with Crippen LogP contribution in [0.4, 0.5) is 0 Å². The van der Waals surface area contributed by atoms with E-state index in [0.717, 1.165) is 44.3 Å². The van der Waals surface area contributed by atoms with Gasteiger partial charge in [0.15, 0.2) is 0 Å². The summed E-state index contributed by atoms with van der Waals surface area (Å²) in [5, 5.41) is 7.14. The highest BCUT2D eigenvalue weighted by Gasteiger charge is 2.18. The number of nitrogens with zero attached hydrogens (tertiary/aromatic N) is 2. The predicted molar refractivity (Wildman–Crippen MR) is 190 cm³/mol. The molecule has 4 heteroatoms. The zero-order chi connectivity index (χ0) is 29.5. The molecule has 0 aliphatic rings. The van der Waals surface area contributed by atoms with Gasteiger partial charge in [-0.05, 0) is 53.1 Å². The van der Waals surface area contributed by atoms with Crippen molar-refractivity contribution in [3.05, 3.63) is 146 Å². The Morgan fingerprint density at radius 1 is 0.489 bits per heavy atom. The molecule has 4 heterocycles. The number of benzene rings is 6. The molecular formula is C41H24N2OS. The molecule has 0 atom stereocenters. The Balaban J connectivity index is 1.14. The van der Waals surface area contributed by atoms with E-state index in [2.05, 4.69) is 150 Å². The number of furan rings is 1. The van der Waals surface area contributed by atoms with E-state index < -0.39 is 0 Å². The van der Waals surface area contributed by atoms with Gasteiger partial charge in [-0.3, -0.25) is 4.57 Å². The van der Waals surface area contributed by atoms with Crippen LogP contribution in [0, 0.1) is 0 Å². The molecule has 0 N–H and O–H groups in total. The molecule has 210 valence electrons. The summed E-state index contributed by atoms with van der Waals surface area (Å²) in [5.41, 5.74) is 8.40. The second-order valence-electron chi connectivity index (χ2n) is 11.5. The topological polar surface area (TPSA) is 31.0 Å². The van der Waals surface area contributed by atoms with Gasteiger partial charge in [0.25, 0.3) is 0 Å². The van der Waals surface area contributed by atoms with Gasteiger partial charge in [0, 0.05) is 47.3 Å². The molecule has 0 saturated heterocycles. The number of aromatic nitrogens is 2. The fourth-order valence-electron chi connectivity index (χ4n) is 7.02. The van der Waals surface area contributed by atoms with Gasteiger partial charge < -0.3 is 4.42 Å². The minimum absolute atomic E-state index is 0.642. The molecular weight excluding hydrogens is 569 g/mol. The number of fused-ring (bicyclic) bond motifs is 9. The van der Waals surface area contributed by atoms with Crippen molar-refractivity contribution in [1.82, 2.24) is 9.55 Å². The standard InChI is InChI=1S/C41H24N2OS/c1-4-19-35-29(12-1)30-13-2-5-20-36(30)43(35)38-23-22-34-32-17-8-15-27(39(32)44-41(34)42-38)25-10-7-11-26(24-25)28-16-9-18-33-31-14-3-6-21-37(31)45-40(28)33/h1-24H. The van der Waals surface area contributed by atoms with Crippen molar-refractivity contribution >= 4 is 75.4 Å². The fourth-order valence-corrected chi connectivity index (χ4v) is 8.26. The quantitative estimate of drug-likeness (QED) is 0.204.